The molecule has 2 N–H and O–H groups in total. The number of thiazole rings is 1. The molecule has 2 aromatic carbocycles. The quantitative estimate of drug-likeness (QED) is 0.524. The van der Waals surface area contributed by atoms with Crippen LogP contribution in [0, 0.1) is 0 Å². The van der Waals surface area contributed by atoms with Crippen molar-refractivity contribution < 1.29 is 9.53 Å². The van der Waals surface area contributed by atoms with Crippen LogP contribution in [0.4, 0.5) is 5.13 Å². The predicted molar refractivity (Wildman–Crippen MR) is 116 cm³/mol. The number of carbonyl (C=O) groups excluding carboxylic acids is 1. The molecule has 140 valence electrons. The summed E-state index contributed by atoms with van der Waals surface area (Å²) in [5.74, 6) is 0.276. The zero-order chi connectivity index (χ0) is 19.6. The molecule has 0 saturated heterocycles. The Balaban J connectivity index is 1.69. The predicted octanol–water partition coefficient (Wildman–Crippen LogP) is 5.52. The van der Waals surface area contributed by atoms with Crippen molar-refractivity contribution in [3.05, 3.63) is 52.0 Å². The Morgan fingerprint density at radius 2 is 2.04 bits per heavy atom. The number of fused-ring (bicyclic) bond motifs is 1. The molecular formula is C18H15Cl2N3O2S2. The maximum Gasteiger partial charge on any atom is 0.257 e. The smallest absolute Gasteiger partial charge is 0.257 e. The van der Waals surface area contributed by atoms with Crippen LogP contribution < -0.4 is 15.4 Å². The van der Waals surface area contributed by atoms with Crippen molar-refractivity contribution in [3.8, 4) is 5.75 Å². The van der Waals surface area contributed by atoms with Crippen LogP contribution in [-0.2, 0) is 0 Å². The first-order valence-corrected chi connectivity index (χ1v) is 9.95. The van der Waals surface area contributed by atoms with E-state index in [-0.39, 0.29) is 17.1 Å². The largest absolute Gasteiger partial charge is 0.491 e. The molecule has 27 heavy (non-hydrogen) atoms. The molecule has 0 fully saturated rings. The summed E-state index contributed by atoms with van der Waals surface area (Å²) >= 11 is 18.7. The van der Waals surface area contributed by atoms with Crippen molar-refractivity contribution in [2.75, 3.05) is 5.32 Å². The van der Waals surface area contributed by atoms with Gasteiger partial charge in [0.25, 0.3) is 5.91 Å². The molecular weight excluding hydrogens is 425 g/mol. The number of halogens is 2. The lowest BCUT2D eigenvalue weighted by atomic mass is 10.2. The maximum absolute atomic E-state index is 12.4. The van der Waals surface area contributed by atoms with Gasteiger partial charge in [-0.05, 0) is 56.4 Å². The third-order valence-electron chi connectivity index (χ3n) is 3.37. The van der Waals surface area contributed by atoms with E-state index < -0.39 is 0 Å². The second-order valence-corrected chi connectivity index (χ2v) is 8.05. The first-order chi connectivity index (χ1) is 12.8. The molecule has 0 atom stereocenters. The van der Waals surface area contributed by atoms with Gasteiger partial charge < -0.3 is 10.1 Å². The number of amides is 1. The van der Waals surface area contributed by atoms with Crippen molar-refractivity contribution >= 4 is 73.1 Å². The van der Waals surface area contributed by atoms with Gasteiger partial charge in [-0.3, -0.25) is 10.1 Å². The fraction of sp³-hybridized carbons (Fsp3) is 0.167. The Morgan fingerprint density at radius 1 is 1.26 bits per heavy atom. The van der Waals surface area contributed by atoms with Gasteiger partial charge in [0, 0.05) is 5.56 Å². The molecule has 5 nitrogen and oxygen atoms in total. The normalized spacial score (nSPS) is 10.9. The van der Waals surface area contributed by atoms with E-state index in [4.69, 9.17) is 40.2 Å². The molecule has 0 aliphatic heterocycles. The molecule has 1 heterocycles. The summed E-state index contributed by atoms with van der Waals surface area (Å²) in [6, 6.07) is 10.4. The van der Waals surface area contributed by atoms with Crippen LogP contribution in [0.3, 0.4) is 0 Å². The molecule has 0 aliphatic rings. The Labute approximate surface area is 175 Å². The van der Waals surface area contributed by atoms with Crippen LogP contribution in [0.25, 0.3) is 10.2 Å². The summed E-state index contributed by atoms with van der Waals surface area (Å²) in [4.78, 5) is 16.8. The Bertz CT molecular complexity index is 1020. The molecule has 0 bridgehead atoms. The third-order valence-corrected chi connectivity index (χ3v) is 5.30. The summed E-state index contributed by atoms with van der Waals surface area (Å²) in [5, 5.41) is 6.99. The van der Waals surface area contributed by atoms with E-state index >= 15 is 0 Å². The number of hydrogen-bond acceptors (Lipinski definition) is 5. The van der Waals surface area contributed by atoms with Gasteiger partial charge in [-0.1, -0.05) is 40.6 Å². The number of benzene rings is 2. The minimum atomic E-state index is -0.344. The molecule has 0 saturated carbocycles. The fourth-order valence-electron chi connectivity index (χ4n) is 2.28. The van der Waals surface area contributed by atoms with Gasteiger partial charge >= 0.3 is 0 Å². The maximum atomic E-state index is 12.4. The Hall–Kier alpha value is -1.93. The molecule has 3 aromatic rings. The number of carbonyl (C=O) groups is 1. The van der Waals surface area contributed by atoms with Crippen molar-refractivity contribution in [1.82, 2.24) is 10.3 Å². The van der Waals surface area contributed by atoms with Crippen LogP contribution in [-0.4, -0.2) is 22.1 Å². The molecule has 1 aromatic heterocycles. The number of aromatic nitrogens is 1. The highest BCUT2D eigenvalue weighted by Crippen LogP contribution is 2.35. The second-order valence-electron chi connectivity index (χ2n) is 5.83. The number of anilines is 1. The fourth-order valence-corrected chi connectivity index (χ4v) is 3.83. The molecule has 3 rings (SSSR count). The topological polar surface area (TPSA) is 63.2 Å². The number of nitrogens with zero attached hydrogens (tertiary/aromatic N) is 1. The summed E-state index contributed by atoms with van der Waals surface area (Å²) in [6.07, 6.45) is 0.0189. The van der Waals surface area contributed by atoms with Crippen molar-refractivity contribution in [2.45, 2.75) is 20.0 Å². The summed E-state index contributed by atoms with van der Waals surface area (Å²) < 4.78 is 6.46. The van der Waals surface area contributed by atoms with E-state index in [2.05, 4.69) is 15.6 Å². The van der Waals surface area contributed by atoms with Gasteiger partial charge in [-0.25, -0.2) is 4.98 Å². The minimum absolute atomic E-state index is 0.0189. The zero-order valence-corrected chi connectivity index (χ0v) is 17.5. The molecule has 1 amide bonds. The molecule has 0 aliphatic carbocycles. The summed E-state index contributed by atoms with van der Waals surface area (Å²) in [7, 11) is 0. The number of thiocarbonyl (C=S) groups is 1. The first kappa shape index (κ1) is 19.8. The standard InChI is InChI=1S/C18H15Cl2N3O2S2/c1-9(2)25-11-5-3-4-10(8-11)16(24)22-17(26)23-18-21-15-13(27-18)7-6-12(19)14(15)20/h3-9H,1-2H3,(H2,21,22,23,24,26). The first-order valence-electron chi connectivity index (χ1n) is 7.97. The Kier molecular flexibility index (Phi) is 6.16. The van der Waals surface area contributed by atoms with Crippen molar-refractivity contribution in [1.29, 1.82) is 0 Å². The van der Waals surface area contributed by atoms with Crippen LogP contribution in [0.5, 0.6) is 5.75 Å². The highest BCUT2D eigenvalue weighted by atomic mass is 35.5. The lowest BCUT2D eigenvalue weighted by Gasteiger charge is -2.11. The number of rotatable bonds is 4. The van der Waals surface area contributed by atoms with Crippen LogP contribution in [0.15, 0.2) is 36.4 Å². The van der Waals surface area contributed by atoms with Gasteiger partial charge in [0.2, 0.25) is 0 Å². The van der Waals surface area contributed by atoms with Gasteiger partial charge in [0.1, 0.15) is 11.3 Å². The van der Waals surface area contributed by atoms with Crippen LogP contribution in [0.1, 0.15) is 24.2 Å². The van der Waals surface area contributed by atoms with Gasteiger partial charge in [0.15, 0.2) is 10.2 Å². The highest BCUT2D eigenvalue weighted by Gasteiger charge is 2.13. The van der Waals surface area contributed by atoms with Gasteiger partial charge in [-0.2, -0.15) is 0 Å². The van der Waals surface area contributed by atoms with Crippen molar-refractivity contribution in [3.63, 3.8) is 0 Å². The lowest BCUT2D eigenvalue weighted by molar-refractivity contribution is 0.0977. The average Bonchev–Trinajstić information content (AvgIpc) is 3.01. The van der Waals surface area contributed by atoms with Gasteiger partial charge in [-0.15, -0.1) is 0 Å². The van der Waals surface area contributed by atoms with E-state index in [1.807, 2.05) is 19.9 Å². The number of nitrogens with one attached hydrogen (secondary N) is 2. The molecule has 0 radical (unpaired) electrons. The molecule has 0 unspecified atom stereocenters. The summed E-state index contributed by atoms with van der Waals surface area (Å²) in [5.41, 5.74) is 1.03. The van der Waals surface area contributed by atoms with E-state index in [1.54, 1.807) is 30.3 Å². The zero-order valence-electron chi connectivity index (χ0n) is 14.4. The average molecular weight is 440 g/mol. The van der Waals surface area contributed by atoms with Crippen molar-refractivity contribution in [2.24, 2.45) is 0 Å². The van der Waals surface area contributed by atoms with E-state index in [0.717, 1.165) is 4.70 Å². The minimum Gasteiger partial charge on any atom is -0.491 e. The SMILES string of the molecule is CC(C)Oc1cccc(C(=O)NC(=S)Nc2nc3c(Cl)c(Cl)ccc3s2)c1. The van der Waals surface area contributed by atoms with E-state index in [0.29, 0.717) is 32.0 Å². The second kappa shape index (κ2) is 8.39. The van der Waals surface area contributed by atoms with Crippen LogP contribution in [0.2, 0.25) is 10.0 Å². The van der Waals surface area contributed by atoms with Crippen LogP contribution >= 0.6 is 46.8 Å². The lowest BCUT2D eigenvalue weighted by Crippen LogP contribution is -2.34. The van der Waals surface area contributed by atoms with Gasteiger partial charge in [0.05, 0.1) is 20.8 Å². The highest BCUT2D eigenvalue weighted by molar-refractivity contribution is 7.80. The van der Waals surface area contributed by atoms with E-state index in [1.165, 1.54) is 11.3 Å². The monoisotopic (exact) mass is 439 g/mol. The molecule has 9 heteroatoms. The van der Waals surface area contributed by atoms with E-state index in [9.17, 15) is 4.79 Å². The number of hydrogen-bond donors (Lipinski definition) is 2. The number of ether oxygens (including phenoxy) is 1. The summed E-state index contributed by atoms with van der Waals surface area (Å²) in [6.45, 7) is 3.84. The third kappa shape index (κ3) is 4.87. The Morgan fingerprint density at radius 3 is 2.78 bits per heavy atom. The molecule has 0 spiro atoms.